The number of rotatable bonds is 3. The van der Waals surface area contributed by atoms with Gasteiger partial charge >= 0.3 is 6.18 Å². The number of aliphatic hydroxyl groups excluding tert-OH is 1. The monoisotopic (exact) mass is 313 g/mol. The third-order valence-electron chi connectivity index (χ3n) is 3.00. The number of hydrogen-bond donors (Lipinski definition) is 1. The van der Waals surface area contributed by atoms with E-state index in [1.807, 2.05) is 16.0 Å². The van der Waals surface area contributed by atoms with Gasteiger partial charge in [0, 0.05) is 30.4 Å². The van der Waals surface area contributed by atoms with Gasteiger partial charge in [0.25, 0.3) is 0 Å². The Morgan fingerprint density at radius 2 is 2.14 bits per heavy atom. The summed E-state index contributed by atoms with van der Waals surface area (Å²) in [5, 5.41) is 11.9. The highest BCUT2D eigenvalue weighted by atomic mass is 32.1. The third kappa shape index (κ3) is 2.91. The quantitative estimate of drug-likeness (QED) is 0.808. The molecular formula is C13H10F3N3OS. The van der Waals surface area contributed by atoms with Gasteiger partial charge in [-0.3, -0.25) is 9.38 Å². The van der Waals surface area contributed by atoms with E-state index in [2.05, 4.69) is 9.97 Å². The minimum absolute atomic E-state index is 0.194. The summed E-state index contributed by atoms with van der Waals surface area (Å²) < 4.78 is 39.1. The molecular weight excluding hydrogens is 303 g/mol. The number of halogens is 3. The average molecular weight is 313 g/mol. The van der Waals surface area contributed by atoms with Crippen molar-refractivity contribution in [2.75, 3.05) is 0 Å². The maximum atomic E-state index is 12.4. The standard InChI is InChI=1S/C13H10F3N3OS/c14-13(15,16)8-1-2-10(17-6-8)11(20)5-9-7-19-3-4-21-12(19)18-9/h1-4,6-7,11,20H,5H2. The van der Waals surface area contributed by atoms with Crippen molar-refractivity contribution in [3.63, 3.8) is 0 Å². The van der Waals surface area contributed by atoms with E-state index in [-0.39, 0.29) is 12.1 Å². The summed E-state index contributed by atoms with van der Waals surface area (Å²) in [6.07, 6.45) is -0.864. The molecule has 3 rings (SSSR count). The lowest BCUT2D eigenvalue weighted by Crippen LogP contribution is -2.09. The number of pyridine rings is 1. The first-order chi connectivity index (χ1) is 9.93. The molecule has 3 heterocycles. The molecule has 21 heavy (non-hydrogen) atoms. The molecule has 0 radical (unpaired) electrons. The van der Waals surface area contributed by atoms with Crippen LogP contribution in [0.5, 0.6) is 0 Å². The fourth-order valence-corrected chi connectivity index (χ4v) is 2.67. The highest BCUT2D eigenvalue weighted by molar-refractivity contribution is 7.15. The topological polar surface area (TPSA) is 50.4 Å². The second-order valence-electron chi connectivity index (χ2n) is 4.51. The zero-order chi connectivity index (χ0) is 15.0. The van der Waals surface area contributed by atoms with Crippen LogP contribution in [-0.2, 0) is 12.6 Å². The van der Waals surface area contributed by atoms with E-state index in [1.54, 1.807) is 6.20 Å². The lowest BCUT2D eigenvalue weighted by Gasteiger charge is -2.10. The van der Waals surface area contributed by atoms with E-state index in [0.29, 0.717) is 5.69 Å². The van der Waals surface area contributed by atoms with E-state index in [1.165, 1.54) is 17.4 Å². The normalized spacial score (nSPS) is 13.7. The summed E-state index contributed by atoms with van der Waals surface area (Å²) in [6.45, 7) is 0. The summed E-state index contributed by atoms with van der Waals surface area (Å²) in [6, 6.07) is 2.10. The SMILES string of the molecule is OC(Cc1cn2ccsc2n1)c1ccc(C(F)(F)F)cn1. The van der Waals surface area contributed by atoms with Crippen LogP contribution in [0.3, 0.4) is 0 Å². The molecule has 3 aromatic heterocycles. The lowest BCUT2D eigenvalue weighted by atomic mass is 10.1. The molecule has 1 unspecified atom stereocenters. The highest BCUT2D eigenvalue weighted by Crippen LogP contribution is 2.29. The van der Waals surface area contributed by atoms with E-state index in [9.17, 15) is 18.3 Å². The Balaban J connectivity index is 1.75. The van der Waals surface area contributed by atoms with Gasteiger partial charge in [-0.25, -0.2) is 4.98 Å². The molecule has 4 nitrogen and oxygen atoms in total. The zero-order valence-electron chi connectivity index (χ0n) is 10.6. The first-order valence-corrected chi connectivity index (χ1v) is 6.94. The van der Waals surface area contributed by atoms with Crippen LogP contribution in [0, 0.1) is 0 Å². The Morgan fingerprint density at radius 1 is 1.33 bits per heavy atom. The fraction of sp³-hybridized carbons (Fsp3) is 0.231. The first-order valence-electron chi connectivity index (χ1n) is 6.06. The van der Waals surface area contributed by atoms with Crippen LogP contribution in [0.2, 0.25) is 0 Å². The molecule has 0 amide bonds. The second-order valence-corrected chi connectivity index (χ2v) is 5.39. The van der Waals surface area contributed by atoms with Gasteiger partial charge in [0.05, 0.1) is 17.0 Å². The van der Waals surface area contributed by atoms with E-state index in [4.69, 9.17) is 0 Å². The predicted octanol–water partition coefficient (Wildman–Crippen LogP) is 3.09. The number of thiazole rings is 1. The molecule has 0 saturated carbocycles. The van der Waals surface area contributed by atoms with Crippen molar-refractivity contribution < 1.29 is 18.3 Å². The first kappa shape index (κ1) is 14.0. The Hall–Kier alpha value is -1.93. The van der Waals surface area contributed by atoms with Crippen molar-refractivity contribution in [1.29, 1.82) is 0 Å². The predicted molar refractivity (Wildman–Crippen MR) is 71.0 cm³/mol. The van der Waals surface area contributed by atoms with Crippen LogP contribution >= 0.6 is 11.3 Å². The number of alkyl halides is 3. The van der Waals surface area contributed by atoms with Crippen LogP contribution in [0.4, 0.5) is 13.2 Å². The fourth-order valence-electron chi connectivity index (χ4n) is 1.95. The van der Waals surface area contributed by atoms with Crippen molar-refractivity contribution in [2.45, 2.75) is 18.7 Å². The Bertz CT molecular complexity index is 719. The molecule has 0 spiro atoms. The molecule has 0 bridgehead atoms. The van der Waals surface area contributed by atoms with Crippen LogP contribution in [0.25, 0.3) is 4.96 Å². The second kappa shape index (κ2) is 5.12. The summed E-state index contributed by atoms with van der Waals surface area (Å²) in [5.74, 6) is 0. The molecule has 0 aliphatic carbocycles. The molecule has 0 aliphatic rings. The van der Waals surface area contributed by atoms with Crippen molar-refractivity contribution in [2.24, 2.45) is 0 Å². The van der Waals surface area contributed by atoms with Gasteiger partial charge in [-0.15, -0.1) is 11.3 Å². The molecule has 110 valence electrons. The van der Waals surface area contributed by atoms with E-state index < -0.39 is 17.8 Å². The van der Waals surface area contributed by atoms with Gasteiger partial charge in [0.15, 0.2) is 4.96 Å². The Labute approximate surface area is 121 Å². The van der Waals surface area contributed by atoms with Gasteiger partial charge in [-0.05, 0) is 12.1 Å². The van der Waals surface area contributed by atoms with Crippen LogP contribution in [0.15, 0.2) is 36.1 Å². The maximum Gasteiger partial charge on any atom is 0.417 e. The Morgan fingerprint density at radius 3 is 2.76 bits per heavy atom. The molecule has 1 N–H and O–H groups in total. The van der Waals surface area contributed by atoms with Gasteiger partial charge in [-0.1, -0.05) is 0 Å². The lowest BCUT2D eigenvalue weighted by molar-refractivity contribution is -0.137. The molecule has 1 atom stereocenters. The van der Waals surface area contributed by atoms with E-state index >= 15 is 0 Å². The van der Waals surface area contributed by atoms with Gasteiger partial charge < -0.3 is 5.11 Å². The van der Waals surface area contributed by atoms with Crippen molar-refractivity contribution in [3.05, 3.63) is 53.1 Å². The molecule has 0 saturated heterocycles. The number of nitrogens with zero attached hydrogens (tertiary/aromatic N) is 3. The number of aromatic nitrogens is 3. The van der Waals surface area contributed by atoms with Gasteiger partial charge in [0.1, 0.15) is 6.10 Å². The summed E-state index contributed by atoms with van der Waals surface area (Å²) in [4.78, 5) is 8.79. The molecule has 0 aliphatic heterocycles. The Kier molecular flexibility index (Phi) is 3.42. The van der Waals surface area contributed by atoms with Crippen LogP contribution in [-0.4, -0.2) is 19.5 Å². The van der Waals surface area contributed by atoms with Crippen LogP contribution in [0.1, 0.15) is 23.1 Å². The molecule has 0 aromatic carbocycles. The number of fused-ring (bicyclic) bond motifs is 1. The molecule has 0 fully saturated rings. The van der Waals surface area contributed by atoms with Crippen LogP contribution < -0.4 is 0 Å². The smallest absolute Gasteiger partial charge is 0.386 e. The molecule has 3 aromatic rings. The van der Waals surface area contributed by atoms with E-state index in [0.717, 1.165) is 17.2 Å². The summed E-state index contributed by atoms with van der Waals surface area (Å²) in [5.41, 5.74) is 0.0244. The van der Waals surface area contributed by atoms with Crippen molar-refractivity contribution in [1.82, 2.24) is 14.4 Å². The number of aliphatic hydroxyl groups is 1. The third-order valence-corrected chi connectivity index (χ3v) is 3.77. The molecule has 8 heteroatoms. The zero-order valence-corrected chi connectivity index (χ0v) is 11.4. The van der Waals surface area contributed by atoms with Crippen molar-refractivity contribution >= 4 is 16.3 Å². The maximum absolute atomic E-state index is 12.4. The highest BCUT2D eigenvalue weighted by Gasteiger charge is 2.30. The van der Waals surface area contributed by atoms with Gasteiger partial charge in [0.2, 0.25) is 0 Å². The average Bonchev–Trinajstić information content (AvgIpc) is 2.98. The summed E-state index contributed by atoms with van der Waals surface area (Å²) >= 11 is 1.47. The summed E-state index contributed by atoms with van der Waals surface area (Å²) in [7, 11) is 0. The minimum Gasteiger partial charge on any atom is -0.386 e. The van der Waals surface area contributed by atoms with Gasteiger partial charge in [-0.2, -0.15) is 13.2 Å². The van der Waals surface area contributed by atoms with Crippen molar-refractivity contribution in [3.8, 4) is 0 Å². The largest absolute Gasteiger partial charge is 0.417 e. The number of hydrogen-bond acceptors (Lipinski definition) is 4. The minimum atomic E-state index is -4.43. The number of imidazole rings is 1.